The Kier molecular flexibility index (Phi) is 6.59. The van der Waals surface area contributed by atoms with E-state index in [1.165, 1.54) is 29.5 Å². The number of hydrogen-bond acceptors (Lipinski definition) is 8. The van der Waals surface area contributed by atoms with Crippen LogP contribution in [0.15, 0.2) is 42.0 Å². The molecule has 196 valence electrons. The number of fused-ring (bicyclic) bond motifs is 1. The van der Waals surface area contributed by atoms with Crippen LogP contribution in [0.2, 0.25) is 0 Å². The largest absolute Gasteiger partial charge is 0.421 e. The molecule has 0 spiro atoms. The lowest BCUT2D eigenvalue weighted by molar-refractivity contribution is -0.258. The molecule has 1 saturated heterocycles. The first-order chi connectivity index (χ1) is 17.5. The number of anilines is 4. The Bertz CT molecular complexity index is 1410. The number of nitrogens with zero attached hydrogens (tertiary/aromatic N) is 5. The van der Waals surface area contributed by atoms with Crippen molar-refractivity contribution in [1.29, 1.82) is 0 Å². The number of hydrogen-bond donors (Lipinski definition) is 3. The molecule has 1 unspecified atom stereocenters. The van der Waals surface area contributed by atoms with Crippen LogP contribution in [0.1, 0.15) is 36.9 Å². The summed E-state index contributed by atoms with van der Waals surface area (Å²) in [5, 5.41) is 23.7. The van der Waals surface area contributed by atoms with Crippen LogP contribution in [-0.4, -0.2) is 56.1 Å². The normalized spacial score (nSPS) is 17.2. The van der Waals surface area contributed by atoms with Gasteiger partial charge in [-0.1, -0.05) is 12.1 Å². The van der Waals surface area contributed by atoms with Crippen LogP contribution < -0.4 is 10.6 Å². The number of rotatable bonds is 6. The minimum absolute atomic E-state index is 0.267. The van der Waals surface area contributed by atoms with E-state index in [0.717, 1.165) is 54.3 Å². The molecule has 0 amide bonds. The molecular weight excluding hydrogens is 503 g/mol. The summed E-state index contributed by atoms with van der Waals surface area (Å²) < 4.78 is 42.1. The van der Waals surface area contributed by atoms with Gasteiger partial charge in [0, 0.05) is 11.9 Å². The van der Waals surface area contributed by atoms with Crippen molar-refractivity contribution in [2.75, 3.05) is 30.8 Å². The Balaban J connectivity index is 1.42. The van der Waals surface area contributed by atoms with Crippen LogP contribution >= 0.6 is 11.3 Å². The quantitative estimate of drug-likeness (QED) is 0.293. The minimum Gasteiger partial charge on any atom is -0.376 e. The van der Waals surface area contributed by atoms with E-state index in [1.807, 2.05) is 23.2 Å². The molecule has 0 radical (unpaired) electrons. The molecule has 12 heteroatoms. The first kappa shape index (κ1) is 25.4. The van der Waals surface area contributed by atoms with Crippen LogP contribution in [0.25, 0.3) is 10.2 Å². The predicted octanol–water partition coefficient (Wildman–Crippen LogP) is 5.72. The number of alkyl halides is 3. The van der Waals surface area contributed by atoms with Crippen molar-refractivity contribution < 1.29 is 18.3 Å². The van der Waals surface area contributed by atoms with Crippen LogP contribution in [0, 0.1) is 6.92 Å². The number of nitrogens with one attached hydrogen (secondary N) is 2. The van der Waals surface area contributed by atoms with Crippen LogP contribution in [0.3, 0.4) is 0 Å². The Morgan fingerprint density at radius 1 is 1.11 bits per heavy atom. The van der Waals surface area contributed by atoms with Crippen molar-refractivity contribution in [2.24, 2.45) is 0 Å². The van der Waals surface area contributed by atoms with Gasteiger partial charge in [-0.2, -0.15) is 23.3 Å². The fraction of sp³-hybridized carbons (Fsp3) is 0.400. The third kappa shape index (κ3) is 5.13. The molecule has 0 bridgehead atoms. The number of likely N-dealkylation sites (tertiary alicyclic amines) is 1. The summed E-state index contributed by atoms with van der Waals surface area (Å²) in [5.74, 6) is 0.802. The smallest absolute Gasteiger partial charge is 0.376 e. The van der Waals surface area contributed by atoms with E-state index < -0.39 is 11.8 Å². The Hall–Kier alpha value is -3.22. The van der Waals surface area contributed by atoms with E-state index in [-0.39, 0.29) is 5.56 Å². The summed E-state index contributed by atoms with van der Waals surface area (Å²) in [4.78, 5) is 12.3. The van der Waals surface area contributed by atoms with E-state index in [2.05, 4.69) is 37.6 Å². The Morgan fingerprint density at radius 2 is 1.86 bits per heavy atom. The second kappa shape index (κ2) is 9.58. The summed E-state index contributed by atoms with van der Waals surface area (Å²) in [6, 6.07) is 5.96. The monoisotopic (exact) mass is 531 g/mol. The van der Waals surface area contributed by atoms with Crippen molar-refractivity contribution in [3.8, 4) is 0 Å². The number of piperidine rings is 1. The molecule has 8 nitrogen and oxygen atoms in total. The van der Waals surface area contributed by atoms with Gasteiger partial charge < -0.3 is 20.6 Å². The maximum atomic E-state index is 13.4. The molecule has 1 fully saturated rings. The highest BCUT2D eigenvalue weighted by atomic mass is 32.1. The van der Waals surface area contributed by atoms with Gasteiger partial charge in [-0.25, -0.2) is 4.98 Å². The van der Waals surface area contributed by atoms with E-state index in [1.54, 1.807) is 12.3 Å². The molecule has 0 saturated carbocycles. The Labute approximate surface area is 216 Å². The van der Waals surface area contributed by atoms with Gasteiger partial charge in [-0.15, -0.1) is 11.3 Å². The lowest BCUT2D eigenvalue weighted by atomic mass is 9.95. The molecule has 0 aliphatic carbocycles. The highest BCUT2D eigenvalue weighted by molar-refractivity contribution is 7.17. The van der Waals surface area contributed by atoms with Crippen molar-refractivity contribution in [2.45, 2.75) is 44.5 Å². The van der Waals surface area contributed by atoms with E-state index in [9.17, 15) is 18.3 Å². The zero-order chi connectivity index (χ0) is 26.4. The highest BCUT2D eigenvalue weighted by Gasteiger charge is 2.51. The molecule has 5 rings (SSSR count). The summed E-state index contributed by atoms with van der Waals surface area (Å²) >= 11 is 1.46. The number of thiophene rings is 1. The maximum Gasteiger partial charge on any atom is 0.421 e. The molecule has 1 aliphatic heterocycles. The van der Waals surface area contributed by atoms with Gasteiger partial charge in [-0.3, -0.25) is 4.68 Å². The average molecular weight is 532 g/mol. The molecule has 3 aromatic heterocycles. The standard InChI is InChI=1S/C25H28F3N7OS/c1-15-14-37-22-20(15)21(30-17-6-4-5-16(11-17)24(2,36)25(26,27)28)32-23(33-22)31-18-12-29-35(13-18)19-7-9-34(3)10-8-19/h4-6,11-14,19,36H,7-10H2,1-3H3,(H2,30,31,32,33). The summed E-state index contributed by atoms with van der Waals surface area (Å²) in [7, 11) is 2.12. The minimum atomic E-state index is -4.81. The number of benzene rings is 1. The maximum absolute atomic E-state index is 13.4. The van der Waals surface area contributed by atoms with Crippen molar-refractivity contribution in [1.82, 2.24) is 24.6 Å². The van der Waals surface area contributed by atoms with Gasteiger partial charge in [0.05, 0.1) is 23.3 Å². The summed E-state index contributed by atoms with van der Waals surface area (Å²) in [6.45, 7) is 4.72. The zero-order valence-corrected chi connectivity index (χ0v) is 21.5. The van der Waals surface area contributed by atoms with Crippen LogP contribution in [0.5, 0.6) is 0 Å². The van der Waals surface area contributed by atoms with Crippen molar-refractivity contribution in [3.63, 3.8) is 0 Å². The fourth-order valence-electron chi connectivity index (χ4n) is 4.42. The molecule has 1 aliphatic rings. The molecular formula is C25H28F3N7OS. The summed E-state index contributed by atoms with van der Waals surface area (Å²) in [5.41, 5.74) is -1.18. The molecule has 3 N–H and O–H groups in total. The second-order valence-electron chi connectivity index (χ2n) is 9.64. The number of aliphatic hydroxyl groups is 1. The topological polar surface area (TPSA) is 91.1 Å². The third-order valence-corrected chi connectivity index (χ3v) is 7.77. The second-order valence-corrected chi connectivity index (χ2v) is 10.5. The zero-order valence-electron chi connectivity index (χ0n) is 20.7. The SMILES string of the molecule is Cc1csc2nc(Nc3cnn(C4CCN(C)CC4)c3)nc(Nc3cccc(C(C)(O)C(F)(F)F)c3)c12. The first-order valence-electron chi connectivity index (χ1n) is 11.9. The van der Waals surface area contributed by atoms with E-state index >= 15 is 0 Å². The molecule has 4 aromatic rings. The molecule has 37 heavy (non-hydrogen) atoms. The van der Waals surface area contributed by atoms with Crippen molar-refractivity contribution in [3.05, 3.63) is 53.2 Å². The van der Waals surface area contributed by atoms with Gasteiger partial charge in [0.25, 0.3) is 0 Å². The predicted molar refractivity (Wildman–Crippen MR) is 139 cm³/mol. The fourth-order valence-corrected chi connectivity index (χ4v) is 5.34. The van der Waals surface area contributed by atoms with E-state index in [0.29, 0.717) is 23.5 Å². The van der Waals surface area contributed by atoms with E-state index in [4.69, 9.17) is 0 Å². The molecule has 1 atom stereocenters. The van der Waals surface area contributed by atoms with Crippen molar-refractivity contribution >= 4 is 44.7 Å². The highest BCUT2D eigenvalue weighted by Crippen LogP contribution is 2.40. The van der Waals surface area contributed by atoms with Crippen LogP contribution in [0.4, 0.5) is 36.3 Å². The molecule has 4 heterocycles. The van der Waals surface area contributed by atoms with Gasteiger partial charge in [0.15, 0.2) is 5.60 Å². The third-order valence-electron chi connectivity index (χ3n) is 6.78. The number of aromatic nitrogens is 4. The van der Waals surface area contributed by atoms with Gasteiger partial charge >= 0.3 is 6.18 Å². The number of aryl methyl sites for hydroxylation is 1. The van der Waals surface area contributed by atoms with Gasteiger partial charge in [0.2, 0.25) is 5.95 Å². The van der Waals surface area contributed by atoms with Gasteiger partial charge in [-0.05, 0) is 75.5 Å². The average Bonchev–Trinajstić information content (AvgIpc) is 3.46. The Morgan fingerprint density at radius 3 is 2.59 bits per heavy atom. The van der Waals surface area contributed by atoms with Crippen LogP contribution in [-0.2, 0) is 5.60 Å². The first-order valence-corrected chi connectivity index (χ1v) is 12.8. The number of halogens is 3. The summed E-state index contributed by atoms with van der Waals surface area (Å²) in [6.07, 6.45) is 0.930. The lowest BCUT2D eigenvalue weighted by Gasteiger charge is -2.28. The van der Waals surface area contributed by atoms with Gasteiger partial charge in [0.1, 0.15) is 10.6 Å². The lowest BCUT2D eigenvalue weighted by Crippen LogP contribution is -2.39. The molecule has 1 aromatic carbocycles.